The summed E-state index contributed by atoms with van der Waals surface area (Å²) in [6, 6.07) is 13.4. The fourth-order valence-corrected chi connectivity index (χ4v) is 4.00. The highest BCUT2D eigenvalue weighted by atomic mass is 15.2. The predicted molar refractivity (Wildman–Crippen MR) is 80.4 cm³/mol. The number of piperidine rings is 1. The van der Waals surface area contributed by atoms with Crippen LogP contribution in [0, 0.1) is 0 Å². The van der Waals surface area contributed by atoms with Crippen LogP contribution in [-0.4, -0.2) is 36.1 Å². The molecule has 2 nitrogen and oxygen atoms in total. The van der Waals surface area contributed by atoms with E-state index in [0.717, 1.165) is 24.7 Å². The largest absolute Gasteiger partial charge is 0.314 e. The van der Waals surface area contributed by atoms with Crippen LogP contribution in [0.15, 0.2) is 30.3 Å². The first-order valence-corrected chi connectivity index (χ1v) is 7.90. The first-order valence-electron chi connectivity index (χ1n) is 7.90. The van der Waals surface area contributed by atoms with Crippen molar-refractivity contribution >= 4 is 0 Å². The maximum atomic E-state index is 3.65. The van der Waals surface area contributed by atoms with E-state index < -0.39 is 0 Å². The van der Waals surface area contributed by atoms with Gasteiger partial charge in [-0.3, -0.25) is 4.90 Å². The summed E-state index contributed by atoms with van der Waals surface area (Å²) >= 11 is 0. The third kappa shape index (κ3) is 3.01. The average Bonchev–Trinajstić information content (AvgIpc) is 2.68. The van der Waals surface area contributed by atoms with Gasteiger partial charge in [0.2, 0.25) is 0 Å². The van der Waals surface area contributed by atoms with Gasteiger partial charge in [0.15, 0.2) is 0 Å². The second-order valence-corrected chi connectivity index (χ2v) is 6.08. The molecule has 3 rings (SSSR count). The molecule has 2 bridgehead atoms. The Hall–Kier alpha value is -0.860. The fourth-order valence-electron chi connectivity index (χ4n) is 4.00. The molecule has 2 aliphatic rings. The molecular formula is C17H26N2. The fraction of sp³-hybridized carbons (Fsp3) is 0.647. The number of hydrogen-bond donors (Lipinski definition) is 1. The smallest absolute Gasteiger partial charge is 0.0114 e. The molecule has 19 heavy (non-hydrogen) atoms. The Bertz CT molecular complexity index is 376. The van der Waals surface area contributed by atoms with Crippen molar-refractivity contribution in [2.45, 2.75) is 57.2 Å². The molecule has 2 aliphatic heterocycles. The molecule has 1 N–H and O–H groups in total. The van der Waals surface area contributed by atoms with Crippen LogP contribution in [0.3, 0.4) is 0 Å². The van der Waals surface area contributed by atoms with Crippen LogP contribution in [0.2, 0.25) is 0 Å². The summed E-state index contributed by atoms with van der Waals surface area (Å²) in [5.74, 6) is 0. The molecule has 0 aromatic heterocycles. The van der Waals surface area contributed by atoms with Gasteiger partial charge in [0.25, 0.3) is 0 Å². The number of nitrogens with one attached hydrogen (secondary N) is 1. The van der Waals surface area contributed by atoms with Crippen molar-refractivity contribution in [3.63, 3.8) is 0 Å². The number of benzene rings is 1. The Morgan fingerprint density at radius 3 is 2.42 bits per heavy atom. The summed E-state index contributed by atoms with van der Waals surface area (Å²) < 4.78 is 0. The molecule has 1 aromatic rings. The zero-order valence-corrected chi connectivity index (χ0v) is 12.0. The molecule has 1 aromatic carbocycles. The Labute approximate surface area is 117 Å². The minimum atomic E-state index is 0.774. The highest BCUT2D eigenvalue weighted by Gasteiger charge is 2.39. The van der Waals surface area contributed by atoms with Crippen molar-refractivity contribution in [3.8, 4) is 0 Å². The van der Waals surface area contributed by atoms with E-state index >= 15 is 0 Å². The van der Waals surface area contributed by atoms with Gasteiger partial charge in [0.05, 0.1) is 0 Å². The summed E-state index contributed by atoms with van der Waals surface area (Å²) in [5, 5.41) is 3.65. The van der Waals surface area contributed by atoms with E-state index in [9.17, 15) is 0 Å². The first kappa shape index (κ1) is 13.1. The lowest BCUT2D eigenvalue weighted by Gasteiger charge is -2.39. The van der Waals surface area contributed by atoms with Crippen LogP contribution >= 0.6 is 0 Å². The van der Waals surface area contributed by atoms with Crippen molar-refractivity contribution in [1.29, 1.82) is 0 Å². The van der Waals surface area contributed by atoms with Gasteiger partial charge in [-0.15, -0.1) is 0 Å². The highest BCUT2D eigenvalue weighted by Crippen LogP contribution is 2.35. The van der Waals surface area contributed by atoms with Crippen LogP contribution in [0.25, 0.3) is 0 Å². The van der Waals surface area contributed by atoms with Gasteiger partial charge in [-0.25, -0.2) is 0 Å². The topological polar surface area (TPSA) is 15.3 Å². The van der Waals surface area contributed by atoms with E-state index in [1.54, 1.807) is 0 Å². The summed E-state index contributed by atoms with van der Waals surface area (Å²) in [4.78, 5) is 2.79. The lowest BCUT2D eigenvalue weighted by Crippen LogP contribution is -2.49. The Morgan fingerprint density at radius 2 is 1.79 bits per heavy atom. The molecule has 2 heteroatoms. The van der Waals surface area contributed by atoms with Gasteiger partial charge in [-0.05, 0) is 44.2 Å². The van der Waals surface area contributed by atoms with E-state index in [4.69, 9.17) is 0 Å². The minimum absolute atomic E-state index is 0.774. The van der Waals surface area contributed by atoms with Crippen LogP contribution < -0.4 is 5.32 Å². The molecule has 0 radical (unpaired) electrons. The van der Waals surface area contributed by atoms with Gasteiger partial charge >= 0.3 is 0 Å². The molecule has 2 atom stereocenters. The molecule has 2 unspecified atom stereocenters. The van der Waals surface area contributed by atoms with Crippen molar-refractivity contribution in [2.24, 2.45) is 0 Å². The van der Waals surface area contributed by atoms with Crippen molar-refractivity contribution in [3.05, 3.63) is 35.9 Å². The van der Waals surface area contributed by atoms with E-state index in [0.29, 0.717) is 0 Å². The summed E-state index contributed by atoms with van der Waals surface area (Å²) in [6.45, 7) is 4.59. The van der Waals surface area contributed by atoms with Gasteiger partial charge < -0.3 is 5.32 Å². The van der Waals surface area contributed by atoms with Crippen molar-refractivity contribution < 1.29 is 0 Å². The molecule has 2 heterocycles. The van der Waals surface area contributed by atoms with Crippen LogP contribution in [0.5, 0.6) is 0 Å². The molecule has 0 amide bonds. The SMILES string of the molecule is CCNC1CC2CCC(C1)N2CCc1ccccc1. The molecule has 2 saturated heterocycles. The number of hydrogen-bond acceptors (Lipinski definition) is 2. The maximum Gasteiger partial charge on any atom is 0.0114 e. The van der Waals surface area contributed by atoms with E-state index in [-0.39, 0.29) is 0 Å². The quantitative estimate of drug-likeness (QED) is 0.873. The number of fused-ring (bicyclic) bond motifs is 2. The molecule has 0 spiro atoms. The third-order valence-corrected chi connectivity index (χ3v) is 4.88. The lowest BCUT2D eigenvalue weighted by atomic mass is 9.96. The zero-order valence-electron chi connectivity index (χ0n) is 12.0. The molecule has 0 aliphatic carbocycles. The normalized spacial score (nSPS) is 30.7. The van der Waals surface area contributed by atoms with Gasteiger partial charge in [0, 0.05) is 24.7 Å². The van der Waals surface area contributed by atoms with Crippen LogP contribution in [-0.2, 0) is 6.42 Å². The molecular weight excluding hydrogens is 232 g/mol. The Kier molecular flexibility index (Phi) is 4.19. The van der Waals surface area contributed by atoms with E-state index in [2.05, 4.69) is 47.5 Å². The van der Waals surface area contributed by atoms with Gasteiger partial charge in [-0.2, -0.15) is 0 Å². The summed E-state index contributed by atoms with van der Waals surface area (Å²) in [6.07, 6.45) is 6.76. The van der Waals surface area contributed by atoms with Crippen LogP contribution in [0.1, 0.15) is 38.2 Å². The van der Waals surface area contributed by atoms with Crippen LogP contribution in [0.4, 0.5) is 0 Å². The monoisotopic (exact) mass is 258 g/mol. The van der Waals surface area contributed by atoms with Gasteiger partial charge in [-0.1, -0.05) is 37.3 Å². The minimum Gasteiger partial charge on any atom is -0.314 e. The Morgan fingerprint density at radius 1 is 1.11 bits per heavy atom. The number of rotatable bonds is 5. The van der Waals surface area contributed by atoms with Crippen molar-refractivity contribution in [2.75, 3.05) is 13.1 Å². The van der Waals surface area contributed by atoms with E-state index in [1.165, 1.54) is 44.2 Å². The molecule has 2 fully saturated rings. The highest BCUT2D eigenvalue weighted by molar-refractivity contribution is 5.15. The molecule has 104 valence electrons. The third-order valence-electron chi connectivity index (χ3n) is 4.88. The maximum absolute atomic E-state index is 3.65. The zero-order chi connectivity index (χ0) is 13.1. The average molecular weight is 258 g/mol. The number of nitrogens with zero attached hydrogens (tertiary/aromatic N) is 1. The summed E-state index contributed by atoms with van der Waals surface area (Å²) in [7, 11) is 0. The standard InChI is InChI=1S/C17H26N2/c1-2-18-15-12-16-8-9-17(13-15)19(16)11-10-14-6-4-3-5-7-14/h3-7,15-18H,2,8-13H2,1H3. The van der Waals surface area contributed by atoms with E-state index in [1.807, 2.05) is 0 Å². The Balaban J connectivity index is 1.55. The second kappa shape index (κ2) is 6.06. The lowest BCUT2D eigenvalue weighted by molar-refractivity contribution is 0.119. The first-order chi connectivity index (χ1) is 9.36. The summed E-state index contributed by atoms with van der Waals surface area (Å²) in [5.41, 5.74) is 1.48. The molecule has 0 saturated carbocycles. The van der Waals surface area contributed by atoms with Crippen molar-refractivity contribution in [1.82, 2.24) is 10.2 Å². The van der Waals surface area contributed by atoms with Gasteiger partial charge in [0.1, 0.15) is 0 Å². The second-order valence-electron chi connectivity index (χ2n) is 6.08. The predicted octanol–water partition coefficient (Wildman–Crippen LogP) is 2.83.